The fourth-order valence-electron chi connectivity index (χ4n) is 3.86. The number of carbonyl (C=O) groups excluding carboxylic acids is 2. The summed E-state index contributed by atoms with van der Waals surface area (Å²) in [5.41, 5.74) is 0.679. The SMILES string of the molecule is O=C(c1ccccn1)N1CC2CCC(C1)N(C(=O)c1ccc(=O)[nH]c1)C2. The lowest BCUT2D eigenvalue weighted by atomic mass is 9.94. The highest BCUT2D eigenvalue weighted by molar-refractivity contribution is 5.95. The van der Waals surface area contributed by atoms with Gasteiger partial charge in [-0.15, -0.1) is 0 Å². The maximum absolute atomic E-state index is 12.9. The zero-order valence-electron chi connectivity index (χ0n) is 14.3. The molecule has 3 fully saturated rings. The molecule has 2 amide bonds. The molecule has 0 aliphatic carbocycles. The number of nitrogens with zero attached hydrogens (tertiary/aromatic N) is 3. The number of carbonyl (C=O) groups is 2. The van der Waals surface area contributed by atoms with Gasteiger partial charge in [-0.05, 0) is 37.0 Å². The minimum Gasteiger partial charge on any atom is -0.335 e. The molecule has 2 unspecified atom stereocenters. The molecule has 7 nitrogen and oxygen atoms in total. The summed E-state index contributed by atoms with van der Waals surface area (Å²) in [5, 5.41) is 0. The second kappa shape index (κ2) is 6.74. The molecular formula is C19H20N4O3. The van der Waals surface area contributed by atoms with Gasteiger partial charge in [0.25, 0.3) is 11.8 Å². The van der Waals surface area contributed by atoms with Crippen LogP contribution in [0.5, 0.6) is 0 Å². The molecule has 134 valence electrons. The van der Waals surface area contributed by atoms with E-state index >= 15 is 0 Å². The topological polar surface area (TPSA) is 86.4 Å². The highest BCUT2D eigenvalue weighted by Crippen LogP contribution is 2.29. The average Bonchev–Trinajstić information content (AvgIpc) is 3.00. The van der Waals surface area contributed by atoms with Crippen LogP contribution < -0.4 is 5.56 Å². The number of aromatic nitrogens is 2. The quantitative estimate of drug-likeness (QED) is 0.878. The highest BCUT2D eigenvalue weighted by Gasteiger charge is 2.39. The predicted molar refractivity (Wildman–Crippen MR) is 94.8 cm³/mol. The van der Waals surface area contributed by atoms with Crippen LogP contribution in [0.25, 0.3) is 0 Å². The molecular weight excluding hydrogens is 332 g/mol. The number of hydrogen-bond donors (Lipinski definition) is 1. The summed E-state index contributed by atoms with van der Waals surface area (Å²) in [5.74, 6) is 0.0806. The normalized spacial score (nSPS) is 22.2. The van der Waals surface area contributed by atoms with E-state index in [1.165, 1.54) is 12.3 Å². The number of nitrogens with one attached hydrogen (secondary N) is 1. The first-order valence-corrected chi connectivity index (χ1v) is 8.82. The summed E-state index contributed by atoms with van der Waals surface area (Å²) in [7, 11) is 0. The number of pyridine rings is 2. The summed E-state index contributed by atoms with van der Waals surface area (Å²) < 4.78 is 0. The summed E-state index contributed by atoms with van der Waals surface area (Å²) in [4.78, 5) is 47.3. The van der Waals surface area contributed by atoms with E-state index in [2.05, 4.69) is 9.97 Å². The van der Waals surface area contributed by atoms with Gasteiger partial charge in [0.2, 0.25) is 5.56 Å². The van der Waals surface area contributed by atoms with E-state index in [-0.39, 0.29) is 29.3 Å². The van der Waals surface area contributed by atoms with Crippen LogP contribution in [-0.4, -0.2) is 57.3 Å². The molecule has 5 rings (SSSR count). The van der Waals surface area contributed by atoms with E-state index in [4.69, 9.17) is 0 Å². The maximum atomic E-state index is 12.9. The minimum atomic E-state index is -0.230. The largest absolute Gasteiger partial charge is 0.335 e. The molecule has 0 aromatic carbocycles. The van der Waals surface area contributed by atoms with Crippen molar-refractivity contribution in [2.45, 2.75) is 18.9 Å². The van der Waals surface area contributed by atoms with Gasteiger partial charge >= 0.3 is 0 Å². The Kier molecular flexibility index (Phi) is 4.28. The Morgan fingerprint density at radius 3 is 2.65 bits per heavy atom. The standard InChI is InChI=1S/C19H20N4O3/c24-17-7-5-14(9-21-17)18(25)23-11-13-4-6-15(23)12-22(10-13)19(26)16-3-1-2-8-20-16/h1-3,5,7-9,13,15H,4,6,10-12H2,(H,21,24). The van der Waals surface area contributed by atoms with Crippen molar-refractivity contribution >= 4 is 11.8 Å². The first kappa shape index (κ1) is 16.5. The lowest BCUT2D eigenvalue weighted by Gasteiger charge is -2.36. The van der Waals surface area contributed by atoms with Gasteiger partial charge in [-0.3, -0.25) is 19.4 Å². The Morgan fingerprint density at radius 1 is 1.04 bits per heavy atom. The Hall–Kier alpha value is -2.96. The molecule has 5 heterocycles. The second-order valence-corrected chi connectivity index (χ2v) is 6.92. The third-order valence-corrected chi connectivity index (χ3v) is 5.18. The van der Waals surface area contributed by atoms with Gasteiger partial charge in [-0.25, -0.2) is 0 Å². The van der Waals surface area contributed by atoms with Gasteiger partial charge in [0.15, 0.2) is 0 Å². The molecule has 7 heteroatoms. The van der Waals surface area contributed by atoms with Gasteiger partial charge in [0.05, 0.1) is 5.56 Å². The van der Waals surface area contributed by atoms with Crippen molar-refractivity contribution in [2.75, 3.05) is 19.6 Å². The van der Waals surface area contributed by atoms with Crippen molar-refractivity contribution in [3.8, 4) is 0 Å². The highest BCUT2D eigenvalue weighted by atomic mass is 16.2. The van der Waals surface area contributed by atoms with Crippen LogP contribution in [-0.2, 0) is 0 Å². The monoisotopic (exact) mass is 352 g/mol. The number of rotatable bonds is 2. The van der Waals surface area contributed by atoms with E-state index in [1.807, 2.05) is 9.80 Å². The van der Waals surface area contributed by atoms with Crippen molar-refractivity contribution in [3.05, 3.63) is 64.3 Å². The van der Waals surface area contributed by atoms with Crippen LogP contribution >= 0.6 is 0 Å². The zero-order chi connectivity index (χ0) is 18.1. The van der Waals surface area contributed by atoms with Gasteiger partial charge in [-0.2, -0.15) is 0 Å². The summed E-state index contributed by atoms with van der Waals surface area (Å²) in [6.07, 6.45) is 4.96. The smallest absolute Gasteiger partial charge is 0.272 e. The van der Waals surface area contributed by atoms with Crippen LogP contribution in [0.15, 0.2) is 47.5 Å². The van der Waals surface area contributed by atoms with Gasteiger partial charge in [-0.1, -0.05) is 6.07 Å². The number of H-pyrrole nitrogens is 1. The first-order chi connectivity index (χ1) is 12.6. The summed E-state index contributed by atoms with van der Waals surface area (Å²) in [6, 6.07) is 8.21. The van der Waals surface area contributed by atoms with E-state index in [9.17, 15) is 14.4 Å². The molecule has 2 aromatic heterocycles. The number of hydrogen-bond acceptors (Lipinski definition) is 4. The molecule has 3 aliphatic rings. The maximum Gasteiger partial charge on any atom is 0.272 e. The molecule has 1 N–H and O–H groups in total. The van der Waals surface area contributed by atoms with Gasteiger partial charge in [0.1, 0.15) is 5.69 Å². The van der Waals surface area contributed by atoms with Crippen LogP contribution in [0.3, 0.4) is 0 Å². The van der Waals surface area contributed by atoms with Crippen LogP contribution in [0.4, 0.5) is 0 Å². The number of amides is 2. The summed E-state index contributed by atoms with van der Waals surface area (Å²) >= 11 is 0. The second-order valence-electron chi connectivity index (χ2n) is 6.92. The first-order valence-electron chi connectivity index (χ1n) is 8.82. The molecule has 2 atom stereocenters. The molecule has 0 radical (unpaired) electrons. The third kappa shape index (κ3) is 3.12. The fourth-order valence-corrected chi connectivity index (χ4v) is 3.86. The van der Waals surface area contributed by atoms with Crippen molar-refractivity contribution in [3.63, 3.8) is 0 Å². The predicted octanol–water partition coefficient (Wildman–Crippen LogP) is 1.15. The van der Waals surface area contributed by atoms with E-state index in [1.54, 1.807) is 30.5 Å². The van der Waals surface area contributed by atoms with E-state index in [0.717, 1.165) is 12.8 Å². The van der Waals surface area contributed by atoms with Crippen LogP contribution in [0, 0.1) is 5.92 Å². The van der Waals surface area contributed by atoms with Crippen LogP contribution in [0.2, 0.25) is 0 Å². The number of piperidine rings is 1. The lowest BCUT2D eigenvalue weighted by molar-refractivity contribution is 0.0573. The Bertz CT molecular complexity index is 859. The van der Waals surface area contributed by atoms with Crippen molar-refractivity contribution in [2.24, 2.45) is 5.92 Å². The van der Waals surface area contributed by atoms with E-state index < -0.39 is 0 Å². The van der Waals surface area contributed by atoms with Gasteiger partial charge in [0, 0.05) is 44.1 Å². The molecule has 0 saturated carbocycles. The zero-order valence-corrected chi connectivity index (χ0v) is 14.3. The minimum absolute atomic E-state index is 0.0131. The Labute approximate surface area is 150 Å². The third-order valence-electron chi connectivity index (χ3n) is 5.18. The van der Waals surface area contributed by atoms with Crippen molar-refractivity contribution < 1.29 is 9.59 Å². The van der Waals surface area contributed by atoms with Crippen molar-refractivity contribution in [1.82, 2.24) is 19.8 Å². The van der Waals surface area contributed by atoms with Crippen LogP contribution in [0.1, 0.15) is 33.7 Å². The fraction of sp³-hybridized carbons (Fsp3) is 0.368. The lowest BCUT2D eigenvalue weighted by Crippen LogP contribution is -2.47. The molecule has 0 spiro atoms. The molecule has 26 heavy (non-hydrogen) atoms. The number of aromatic amines is 1. The summed E-state index contributed by atoms with van der Waals surface area (Å²) in [6.45, 7) is 1.79. The number of fused-ring (bicyclic) bond motifs is 4. The average molecular weight is 352 g/mol. The van der Waals surface area contributed by atoms with E-state index in [0.29, 0.717) is 30.9 Å². The molecule has 2 bridgehead atoms. The molecule has 3 saturated heterocycles. The molecule has 3 aliphatic heterocycles. The molecule has 2 aromatic rings. The van der Waals surface area contributed by atoms with Gasteiger partial charge < -0.3 is 14.8 Å². The Morgan fingerprint density at radius 2 is 1.92 bits per heavy atom. The Balaban J connectivity index is 1.55. The van der Waals surface area contributed by atoms with Crippen molar-refractivity contribution in [1.29, 1.82) is 0 Å².